The van der Waals surface area contributed by atoms with Crippen LogP contribution in [-0.4, -0.2) is 61.5 Å². The van der Waals surface area contributed by atoms with Gasteiger partial charge in [0.1, 0.15) is 6.54 Å². The van der Waals surface area contributed by atoms with Crippen molar-refractivity contribution in [1.82, 2.24) is 10.2 Å². The Balaban J connectivity index is 1.42. The molecule has 3 rings (SSSR count). The van der Waals surface area contributed by atoms with E-state index < -0.39 is 12.1 Å². The van der Waals surface area contributed by atoms with Crippen molar-refractivity contribution in [3.8, 4) is 0 Å². The predicted molar refractivity (Wildman–Crippen MR) is 114 cm³/mol. The summed E-state index contributed by atoms with van der Waals surface area (Å²) in [5.41, 5.74) is 2.64. The fraction of sp³-hybridized carbons (Fsp3) is 0.348. The van der Waals surface area contributed by atoms with Crippen molar-refractivity contribution in [2.24, 2.45) is 0 Å². The van der Waals surface area contributed by atoms with Crippen LogP contribution < -0.4 is 10.2 Å². The number of anilines is 1. The molecule has 30 heavy (non-hydrogen) atoms. The Morgan fingerprint density at radius 1 is 0.967 bits per heavy atom. The normalized spacial score (nSPS) is 14.7. The minimum absolute atomic E-state index is 0.221. The minimum atomic E-state index is -0.892. The quantitative estimate of drug-likeness (QED) is 0.739. The Kier molecular flexibility index (Phi) is 7.06. The van der Waals surface area contributed by atoms with E-state index in [1.165, 1.54) is 0 Å². The molecule has 0 aliphatic carbocycles. The number of amides is 2. The lowest BCUT2D eigenvalue weighted by molar-refractivity contribution is -0.158. The highest BCUT2D eigenvalue weighted by atomic mass is 16.5. The number of carbonyl (C=O) groups excluding carboxylic acids is 3. The van der Waals surface area contributed by atoms with Crippen LogP contribution in [0.1, 0.15) is 22.8 Å². The van der Waals surface area contributed by atoms with Crippen LogP contribution in [0.5, 0.6) is 0 Å². The van der Waals surface area contributed by atoms with Crippen molar-refractivity contribution < 1.29 is 19.1 Å². The van der Waals surface area contributed by atoms with Crippen LogP contribution in [0.15, 0.2) is 54.6 Å². The molecule has 2 amide bonds. The van der Waals surface area contributed by atoms with Crippen LogP contribution in [0.2, 0.25) is 0 Å². The van der Waals surface area contributed by atoms with E-state index in [2.05, 4.69) is 10.2 Å². The van der Waals surface area contributed by atoms with Crippen molar-refractivity contribution in [2.75, 3.05) is 37.6 Å². The standard InChI is InChI=1S/C23H27N3O4/c1-17-8-10-19(11-9-17)22(28)24-16-21(27)30-18(2)23(29)26-14-12-25(13-15-26)20-6-4-3-5-7-20/h3-11,18H,12-16H2,1-2H3,(H,24,28). The first-order chi connectivity index (χ1) is 14.4. The summed E-state index contributed by atoms with van der Waals surface area (Å²) in [5, 5.41) is 2.52. The second-order valence-electron chi connectivity index (χ2n) is 7.33. The van der Waals surface area contributed by atoms with Gasteiger partial charge in [-0.05, 0) is 38.1 Å². The van der Waals surface area contributed by atoms with Gasteiger partial charge in [-0.15, -0.1) is 0 Å². The predicted octanol–water partition coefficient (Wildman–Crippen LogP) is 2.01. The second-order valence-corrected chi connectivity index (χ2v) is 7.33. The maximum Gasteiger partial charge on any atom is 0.326 e. The van der Waals surface area contributed by atoms with Crippen LogP contribution in [0.3, 0.4) is 0 Å². The molecule has 7 nitrogen and oxygen atoms in total. The van der Waals surface area contributed by atoms with E-state index >= 15 is 0 Å². The Morgan fingerprint density at radius 3 is 2.23 bits per heavy atom. The number of piperazine rings is 1. The van der Waals surface area contributed by atoms with Crippen LogP contribution >= 0.6 is 0 Å². The van der Waals surface area contributed by atoms with E-state index in [1.807, 2.05) is 49.4 Å². The van der Waals surface area contributed by atoms with Gasteiger partial charge < -0.3 is 19.9 Å². The van der Waals surface area contributed by atoms with E-state index in [-0.39, 0.29) is 18.4 Å². The first-order valence-corrected chi connectivity index (χ1v) is 10.1. The molecule has 7 heteroatoms. The molecule has 0 aromatic heterocycles. The SMILES string of the molecule is Cc1ccc(C(=O)NCC(=O)OC(C)C(=O)N2CCN(c3ccccc3)CC2)cc1. The molecule has 1 saturated heterocycles. The van der Waals surface area contributed by atoms with Crippen LogP contribution in [0.4, 0.5) is 5.69 Å². The fourth-order valence-corrected chi connectivity index (χ4v) is 3.33. The monoisotopic (exact) mass is 409 g/mol. The highest BCUT2D eigenvalue weighted by molar-refractivity contribution is 5.96. The second kappa shape index (κ2) is 9.91. The van der Waals surface area contributed by atoms with Crippen molar-refractivity contribution in [3.05, 3.63) is 65.7 Å². The molecule has 1 unspecified atom stereocenters. The van der Waals surface area contributed by atoms with Crippen LogP contribution in [0, 0.1) is 6.92 Å². The van der Waals surface area contributed by atoms with E-state index in [4.69, 9.17) is 4.74 Å². The zero-order valence-electron chi connectivity index (χ0n) is 17.3. The van der Waals surface area contributed by atoms with Gasteiger partial charge in [0.25, 0.3) is 11.8 Å². The number of benzene rings is 2. The molecule has 0 spiro atoms. The molecule has 1 atom stereocenters. The van der Waals surface area contributed by atoms with Crippen LogP contribution in [0.25, 0.3) is 0 Å². The molecule has 158 valence electrons. The van der Waals surface area contributed by atoms with Gasteiger partial charge in [-0.1, -0.05) is 35.9 Å². The number of hydrogen-bond donors (Lipinski definition) is 1. The largest absolute Gasteiger partial charge is 0.451 e. The van der Waals surface area contributed by atoms with Crippen molar-refractivity contribution in [1.29, 1.82) is 0 Å². The average Bonchev–Trinajstić information content (AvgIpc) is 2.78. The fourth-order valence-electron chi connectivity index (χ4n) is 3.33. The van der Waals surface area contributed by atoms with Crippen LogP contribution in [-0.2, 0) is 14.3 Å². The summed E-state index contributed by atoms with van der Waals surface area (Å²) in [7, 11) is 0. The smallest absolute Gasteiger partial charge is 0.326 e. The molecule has 1 heterocycles. The molecule has 1 fully saturated rings. The van der Waals surface area contributed by atoms with Gasteiger partial charge in [-0.25, -0.2) is 0 Å². The Morgan fingerprint density at radius 2 is 1.60 bits per heavy atom. The first-order valence-electron chi connectivity index (χ1n) is 10.1. The van der Waals surface area contributed by atoms with Gasteiger partial charge in [0.05, 0.1) is 0 Å². The number of ether oxygens (including phenoxy) is 1. The van der Waals surface area contributed by atoms with Gasteiger partial charge in [0.2, 0.25) is 0 Å². The lowest BCUT2D eigenvalue weighted by Crippen LogP contribution is -2.52. The summed E-state index contributed by atoms with van der Waals surface area (Å²) in [5.74, 6) is -1.22. The third kappa shape index (κ3) is 5.59. The summed E-state index contributed by atoms with van der Waals surface area (Å²) in [4.78, 5) is 40.7. The van der Waals surface area contributed by atoms with E-state index in [0.717, 1.165) is 24.3 Å². The summed E-state index contributed by atoms with van der Waals surface area (Å²) < 4.78 is 5.22. The number of nitrogens with one attached hydrogen (secondary N) is 1. The van der Waals surface area contributed by atoms with Crippen molar-refractivity contribution >= 4 is 23.5 Å². The molecule has 1 N–H and O–H groups in total. The molecular formula is C23H27N3O4. The third-order valence-corrected chi connectivity index (χ3v) is 5.08. The number of para-hydroxylation sites is 1. The summed E-state index contributed by atoms with van der Waals surface area (Å²) in [6.07, 6.45) is -0.892. The maximum atomic E-state index is 12.6. The first kappa shape index (κ1) is 21.4. The number of nitrogens with zero attached hydrogens (tertiary/aromatic N) is 2. The molecule has 0 saturated carbocycles. The van der Waals surface area contributed by atoms with Crippen molar-refractivity contribution in [2.45, 2.75) is 20.0 Å². The topological polar surface area (TPSA) is 78.9 Å². The highest BCUT2D eigenvalue weighted by Crippen LogP contribution is 2.16. The molecule has 0 radical (unpaired) electrons. The van der Waals surface area contributed by atoms with E-state index in [9.17, 15) is 14.4 Å². The summed E-state index contributed by atoms with van der Waals surface area (Å²) in [6.45, 7) is 5.79. The molecular weight excluding hydrogens is 382 g/mol. The Bertz CT molecular complexity index is 875. The Hall–Kier alpha value is -3.35. The number of aryl methyl sites for hydroxylation is 1. The number of hydrogen-bond acceptors (Lipinski definition) is 5. The average molecular weight is 409 g/mol. The number of esters is 1. The van der Waals surface area contributed by atoms with Gasteiger partial charge >= 0.3 is 5.97 Å². The summed E-state index contributed by atoms with van der Waals surface area (Å²) in [6, 6.07) is 17.1. The van der Waals surface area contributed by atoms with E-state index in [1.54, 1.807) is 24.0 Å². The number of carbonyl (C=O) groups is 3. The molecule has 1 aliphatic rings. The lowest BCUT2D eigenvalue weighted by Gasteiger charge is -2.37. The molecule has 2 aromatic rings. The third-order valence-electron chi connectivity index (χ3n) is 5.08. The zero-order chi connectivity index (χ0) is 21.5. The lowest BCUT2D eigenvalue weighted by atomic mass is 10.1. The zero-order valence-corrected chi connectivity index (χ0v) is 17.3. The van der Waals surface area contributed by atoms with Gasteiger partial charge in [-0.2, -0.15) is 0 Å². The maximum absolute atomic E-state index is 12.6. The van der Waals surface area contributed by atoms with Gasteiger partial charge in [0.15, 0.2) is 6.10 Å². The Labute approximate surface area is 176 Å². The highest BCUT2D eigenvalue weighted by Gasteiger charge is 2.27. The van der Waals surface area contributed by atoms with Crippen molar-refractivity contribution in [3.63, 3.8) is 0 Å². The summed E-state index contributed by atoms with van der Waals surface area (Å²) >= 11 is 0. The van der Waals surface area contributed by atoms with Gasteiger partial charge in [-0.3, -0.25) is 14.4 Å². The van der Waals surface area contributed by atoms with Gasteiger partial charge in [0, 0.05) is 37.4 Å². The van der Waals surface area contributed by atoms with E-state index in [0.29, 0.717) is 18.7 Å². The molecule has 2 aromatic carbocycles. The molecule has 1 aliphatic heterocycles. The molecule has 0 bridgehead atoms. The number of rotatable bonds is 6. The minimum Gasteiger partial charge on any atom is -0.451 e.